The summed E-state index contributed by atoms with van der Waals surface area (Å²) in [6.07, 6.45) is 2.74. The van der Waals surface area contributed by atoms with Gasteiger partial charge in [0.1, 0.15) is 5.78 Å². The molecule has 2 heteroatoms. The summed E-state index contributed by atoms with van der Waals surface area (Å²) in [6, 6.07) is 0. The van der Waals surface area contributed by atoms with E-state index in [-0.39, 0.29) is 0 Å². The SMILES string of the molecule is [CH2]CCN1CCCC(=O)C1. The molecule has 1 radical (unpaired) electrons. The number of carbonyl (C=O) groups is 1. The molecule has 0 amide bonds. The third kappa shape index (κ3) is 2.10. The number of Topliss-reactive ketones (excluding diaryl/α,β-unsaturated/α-hetero) is 1. The van der Waals surface area contributed by atoms with Crippen molar-refractivity contribution in [3.05, 3.63) is 6.92 Å². The van der Waals surface area contributed by atoms with Crippen LogP contribution in [0.25, 0.3) is 0 Å². The van der Waals surface area contributed by atoms with Gasteiger partial charge in [-0.2, -0.15) is 0 Å². The minimum atomic E-state index is 0.389. The Bertz CT molecular complexity index is 120. The number of rotatable bonds is 2. The topological polar surface area (TPSA) is 20.3 Å². The van der Waals surface area contributed by atoms with Crippen LogP contribution < -0.4 is 0 Å². The van der Waals surface area contributed by atoms with Crippen molar-refractivity contribution in [1.29, 1.82) is 0 Å². The third-order valence-electron chi connectivity index (χ3n) is 1.80. The molecule has 0 aromatic carbocycles. The molecule has 1 saturated heterocycles. The van der Waals surface area contributed by atoms with Crippen LogP contribution in [-0.4, -0.2) is 30.3 Å². The van der Waals surface area contributed by atoms with E-state index in [1.807, 2.05) is 0 Å². The van der Waals surface area contributed by atoms with E-state index in [2.05, 4.69) is 11.8 Å². The summed E-state index contributed by atoms with van der Waals surface area (Å²) in [5.74, 6) is 0.389. The molecule has 0 aromatic rings. The van der Waals surface area contributed by atoms with E-state index >= 15 is 0 Å². The van der Waals surface area contributed by atoms with Crippen LogP contribution in [0.15, 0.2) is 0 Å². The molecule has 0 atom stereocenters. The first-order valence-corrected chi connectivity index (χ1v) is 3.86. The number of hydrogen-bond acceptors (Lipinski definition) is 2. The van der Waals surface area contributed by atoms with Crippen molar-refractivity contribution in [2.24, 2.45) is 0 Å². The number of carbonyl (C=O) groups excluding carboxylic acids is 1. The zero-order valence-electron chi connectivity index (χ0n) is 6.31. The summed E-state index contributed by atoms with van der Waals surface area (Å²) in [4.78, 5) is 13.1. The fraction of sp³-hybridized carbons (Fsp3) is 0.750. The van der Waals surface area contributed by atoms with Crippen molar-refractivity contribution in [2.45, 2.75) is 19.3 Å². The molecule has 1 aliphatic heterocycles. The maximum absolute atomic E-state index is 10.9. The van der Waals surface area contributed by atoms with Gasteiger partial charge in [0.25, 0.3) is 0 Å². The highest BCUT2D eigenvalue weighted by atomic mass is 16.1. The fourth-order valence-corrected chi connectivity index (χ4v) is 1.32. The van der Waals surface area contributed by atoms with E-state index in [0.717, 1.165) is 32.4 Å². The first kappa shape index (κ1) is 7.73. The van der Waals surface area contributed by atoms with Gasteiger partial charge in [-0.05, 0) is 25.9 Å². The highest BCUT2D eigenvalue weighted by Gasteiger charge is 2.14. The summed E-state index contributed by atoms with van der Waals surface area (Å²) in [5.41, 5.74) is 0. The Balaban J connectivity index is 2.25. The Labute approximate surface area is 62.2 Å². The Kier molecular flexibility index (Phi) is 2.87. The Morgan fingerprint density at radius 3 is 3.00 bits per heavy atom. The van der Waals surface area contributed by atoms with Crippen LogP contribution in [0.1, 0.15) is 19.3 Å². The van der Waals surface area contributed by atoms with Gasteiger partial charge in [-0.3, -0.25) is 9.69 Å². The molecule has 1 heterocycles. The lowest BCUT2D eigenvalue weighted by Crippen LogP contribution is -2.35. The third-order valence-corrected chi connectivity index (χ3v) is 1.80. The summed E-state index contributed by atoms with van der Waals surface area (Å²) in [5, 5.41) is 0. The quantitative estimate of drug-likeness (QED) is 0.567. The van der Waals surface area contributed by atoms with Gasteiger partial charge in [0.15, 0.2) is 0 Å². The molecule has 10 heavy (non-hydrogen) atoms. The second-order valence-electron chi connectivity index (χ2n) is 2.77. The van der Waals surface area contributed by atoms with Crippen LogP contribution in [0.3, 0.4) is 0 Å². The van der Waals surface area contributed by atoms with E-state index in [1.54, 1.807) is 0 Å². The molecule has 1 aliphatic rings. The lowest BCUT2D eigenvalue weighted by molar-refractivity contribution is -0.122. The Hall–Kier alpha value is -0.370. The number of ketones is 1. The summed E-state index contributed by atoms with van der Waals surface area (Å²) >= 11 is 0. The zero-order valence-corrected chi connectivity index (χ0v) is 6.31. The maximum atomic E-state index is 10.9. The van der Waals surface area contributed by atoms with Gasteiger partial charge in [0.05, 0.1) is 6.54 Å². The van der Waals surface area contributed by atoms with Crippen LogP contribution >= 0.6 is 0 Å². The number of hydrogen-bond donors (Lipinski definition) is 0. The predicted molar refractivity (Wildman–Crippen MR) is 40.7 cm³/mol. The molecule has 0 saturated carbocycles. The van der Waals surface area contributed by atoms with Gasteiger partial charge in [0.2, 0.25) is 0 Å². The van der Waals surface area contributed by atoms with Gasteiger partial charge in [0, 0.05) is 6.42 Å². The number of likely N-dealkylation sites (tertiary alicyclic amines) is 1. The molecule has 0 spiro atoms. The van der Waals surface area contributed by atoms with Crippen molar-refractivity contribution in [3.63, 3.8) is 0 Å². The average Bonchev–Trinajstić information content (AvgIpc) is 1.88. The van der Waals surface area contributed by atoms with Crippen LogP contribution in [0.4, 0.5) is 0 Å². The molecule has 0 bridgehead atoms. The van der Waals surface area contributed by atoms with Gasteiger partial charge in [-0.1, -0.05) is 6.92 Å². The van der Waals surface area contributed by atoms with Crippen LogP contribution in [0, 0.1) is 6.92 Å². The first-order valence-electron chi connectivity index (χ1n) is 3.86. The monoisotopic (exact) mass is 140 g/mol. The molecule has 0 unspecified atom stereocenters. The molecule has 1 rings (SSSR count). The predicted octanol–water partition coefficient (Wildman–Crippen LogP) is 0.875. The highest BCUT2D eigenvalue weighted by molar-refractivity contribution is 5.81. The molecular formula is C8H14NO. The van der Waals surface area contributed by atoms with E-state index in [9.17, 15) is 4.79 Å². The van der Waals surface area contributed by atoms with Gasteiger partial charge in [-0.15, -0.1) is 0 Å². The van der Waals surface area contributed by atoms with Crippen molar-refractivity contribution in [1.82, 2.24) is 4.90 Å². The highest BCUT2D eigenvalue weighted by Crippen LogP contribution is 2.05. The smallest absolute Gasteiger partial charge is 0.146 e. The molecule has 0 aliphatic carbocycles. The Morgan fingerprint density at radius 1 is 1.60 bits per heavy atom. The minimum Gasteiger partial charge on any atom is -0.298 e. The maximum Gasteiger partial charge on any atom is 0.146 e. The van der Waals surface area contributed by atoms with Crippen molar-refractivity contribution in [2.75, 3.05) is 19.6 Å². The lowest BCUT2D eigenvalue weighted by Gasteiger charge is -2.24. The Morgan fingerprint density at radius 2 is 2.40 bits per heavy atom. The summed E-state index contributed by atoms with van der Waals surface area (Å²) in [7, 11) is 0. The molecule has 0 N–H and O–H groups in total. The van der Waals surface area contributed by atoms with Gasteiger partial charge in [-0.25, -0.2) is 0 Å². The largest absolute Gasteiger partial charge is 0.298 e. The van der Waals surface area contributed by atoms with Crippen LogP contribution in [0.5, 0.6) is 0 Å². The molecule has 2 nitrogen and oxygen atoms in total. The van der Waals surface area contributed by atoms with E-state index < -0.39 is 0 Å². The normalized spacial score (nSPS) is 21.5. The first-order chi connectivity index (χ1) is 4.83. The van der Waals surface area contributed by atoms with Crippen molar-refractivity contribution >= 4 is 5.78 Å². The van der Waals surface area contributed by atoms with E-state index in [4.69, 9.17) is 0 Å². The average molecular weight is 140 g/mol. The summed E-state index contributed by atoms with van der Waals surface area (Å²) < 4.78 is 0. The lowest BCUT2D eigenvalue weighted by atomic mass is 10.1. The molecular weight excluding hydrogens is 126 g/mol. The molecule has 0 aromatic heterocycles. The van der Waals surface area contributed by atoms with Gasteiger partial charge >= 0.3 is 0 Å². The fourth-order valence-electron chi connectivity index (χ4n) is 1.32. The second-order valence-corrected chi connectivity index (χ2v) is 2.77. The van der Waals surface area contributed by atoms with Crippen molar-refractivity contribution < 1.29 is 4.79 Å². The van der Waals surface area contributed by atoms with Crippen LogP contribution in [0.2, 0.25) is 0 Å². The number of piperidine rings is 1. The summed E-state index contributed by atoms with van der Waals surface area (Å²) in [6.45, 7) is 6.48. The van der Waals surface area contributed by atoms with Crippen molar-refractivity contribution in [3.8, 4) is 0 Å². The molecule has 1 fully saturated rings. The second kappa shape index (κ2) is 3.71. The minimum absolute atomic E-state index is 0.389. The zero-order chi connectivity index (χ0) is 7.40. The number of nitrogens with zero attached hydrogens (tertiary/aromatic N) is 1. The van der Waals surface area contributed by atoms with E-state index in [0.29, 0.717) is 12.3 Å². The standard InChI is InChI=1S/C8H14NO/c1-2-5-9-6-3-4-8(10)7-9/h1-7H2. The van der Waals surface area contributed by atoms with Gasteiger partial charge < -0.3 is 0 Å². The van der Waals surface area contributed by atoms with Crippen LogP contribution in [-0.2, 0) is 4.79 Å². The molecule has 57 valence electrons. The van der Waals surface area contributed by atoms with E-state index in [1.165, 1.54) is 0 Å².